The molecule has 0 fully saturated rings. The zero-order valence-electron chi connectivity index (χ0n) is 20.5. The first-order chi connectivity index (χ1) is 16.9. The van der Waals surface area contributed by atoms with Crippen LogP contribution in [0.25, 0.3) is 0 Å². The maximum atomic E-state index is 12.7. The molecule has 2 aromatic rings. The molecule has 2 N–H and O–H groups in total. The number of carbonyl (C=O) groups is 2. The zero-order valence-corrected chi connectivity index (χ0v) is 20.5. The molecule has 0 unspecified atom stereocenters. The fourth-order valence-electron chi connectivity index (χ4n) is 3.16. The molecule has 0 aliphatic rings. The van der Waals surface area contributed by atoms with Gasteiger partial charge < -0.3 is 24.1 Å². The number of nitrogens with one attached hydrogen (secondary N) is 1. The van der Waals surface area contributed by atoms with E-state index in [0.29, 0.717) is 29.4 Å². The number of carbonyl (C=O) groups excluding carboxylic acids is 2. The van der Waals surface area contributed by atoms with E-state index in [2.05, 4.69) is 5.32 Å². The molecule has 0 aliphatic heterocycles. The van der Waals surface area contributed by atoms with Gasteiger partial charge in [-0.3, -0.25) is 5.32 Å². The summed E-state index contributed by atoms with van der Waals surface area (Å²) in [4.78, 5) is 24.4. The number of hydrogen-bond acceptors (Lipinski definition) is 7. The number of ether oxygens (including phenoxy) is 4. The van der Waals surface area contributed by atoms with E-state index in [1.165, 1.54) is 6.08 Å². The summed E-state index contributed by atoms with van der Waals surface area (Å²) in [5.41, 5.74) is 2.04. The number of aliphatic hydroxyl groups excluding tert-OH is 1. The van der Waals surface area contributed by atoms with Crippen molar-refractivity contribution in [2.45, 2.75) is 26.9 Å². The number of allylic oxidation sites excluding steroid dienone is 2. The smallest absolute Gasteiger partial charge is 0.412 e. The van der Waals surface area contributed by atoms with Crippen LogP contribution in [0.5, 0.6) is 11.5 Å². The number of benzene rings is 2. The minimum absolute atomic E-state index is 0.0838. The van der Waals surface area contributed by atoms with Crippen molar-refractivity contribution in [3.05, 3.63) is 77.9 Å². The second-order valence-corrected chi connectivity index (χ2v) is 7.68. The lowest BCUT2D eigenvalue weighted by molar-refractivity contribution is -0.137. The van der Waals surface area contributed by atoms with E-state index < -0.39 is 18.2 Å². The van der Waals surface area contributed by atoms with Crippen molar-refractivity contribution in [1.82, 2.24) is 0 Å². The molecule has 8 heteroatoms. The van der Waals surface area contributed by atoms with Gasteiger partial charge in [-0.05, 0) is 61.4 Å². The van der Waals surface area contributed by atoms with E-state index in [-0.39, 0.29) is 19.1 Å². The molecule has 0 bridgehead atoms. The highest BCUT2D eigenvalue weighted by Gasteiger charge is 2.22. The summed E-state index contributed by atoms with van der Waals surface area (Å²) in [5.74, 6) is 0.634. The molecule has 1 amide bonds. The van der Waals surface area contributed by atoms with Gasteiger partial charge in [0.15, 0.2) is 0 Å². The van der Waals surface area contributed by atoms with Crippen molar-refractivity contribution >= 4 is 17.7 Å². The zero-order chi connectivity index (χ0) is 25.6. The summed E-state index contributed by atoms with van der Waals surface area (Å²) >= 11 is 0. The second kappa shape index (κ2) is 14.5. The lowest BCUT2D eigenvalue weighted by Gasteiger charge is -2.23. The fourth-order valence-corrected chi connectivity index (χ4v) is 3.16. The van der Waals surface area contributed by atoms with Gasteiger partial charge in [0.05, 0.1) is 20.3 Å². The van der Waals surface area contributed by atoms with E-state index in [1.54, 1.807) is 63.4 Å². The number of esters is 1. The molecule has 0 aromatic heterocycles. The van der Waals surface area contributed by atoms with Crippen molar-refractivity contribution in [3.63, 3.8) is 0 Å². The third-order valence-electron chi connectivity index (χ3n) is 4.91. The first kappa shape index (κ1) is 27.5. The Morgan fingerprint density at radius 2 is 1.71 bits per heavy atom. The largest absolute Gasteiger partial charge is 0.497 e. The molecule has 0 radical (unpaired) electrons. The highest BCUT2D eigenvalue weighted by Crippen LogP contribution is 2.30. The average molecular weight is 484 g/mol. The second-order valence-electron chi connectivity index (χ2n) is 7.68. The fraction of sp³-hybridized carbons (Fsp3) is 0.333. The number of rotatable bonds is 12. The Hall–Kier alpha value is -3.78. The molecule has 0 spiro atoms. The van der Waals surface area contributed by atoms with Crippen LogP contribution in [0, 0.1) is 5.92 Å². The molecule has 0 saturated heterocycles. The van der Waals surface area contributed by atoms with Crippen LogP contribution in [-0.4, -0.2) is 44.1 Å². The summed E-state index contributed by atoms with van der Waals surface area (Å²) < 4.78 is 21.3. The van der Waals surface area contributed by atoms with E-state index in [9.17, 15) is 9.59 Å². The summed E-state index contributed by atoms with van der Waals surface area (Å²) in [6.07, 6.45) is 3.84. The Labute approximate surface area is 206 Å². The van der Waals surface area contributed by atoms with Gasteiger partial charge in [-0.1, -0.05) is 31.2 Å². The molecule has 0 aliphatic carbocycles. The van der Waals surface area contributed by atoms with Gasteiger partial charge in [0, 0.05) is 17.7 Å². The minimum Gasteiger partial charge on any atom is -0.497 e. The normalized spacial score (nSPS) is 13.1. The van der Waals surface area contributed by atoms with Crippen LogP contribution in [0.4, 0.5) is 10.5 Å². The van der Waals surface area contributed by atoms with Crippen molar-refractivity contribution < 1.29 is 33.6 Å². The Kier molecular flexibility index (Phi) is 11.4. The standard InChI is InChI=1S/C27H33NO7/c1-5-33-25(30)18-19(2)6-7-20(3)26(21-8-12-24(13-9-21)34-17-16-29)35-27(31)28-22-10-14-23(32-4)15-11-22/h6-15,18,20,26,29H,5,16-17H2,1-4H3,(H,28,31)/b7-6+,19-18+/t20-,26+/m0/s1. The number of methoxy groups -OCH3 is 1. The van der Waals surface area contributed by atoms with Crippen LogP contribution in [0.15, 0.2) is 72.3 Å². The van der Waals surface area contributed by atoms with Crippen LogP contribution < -0.4 is 14.8 Å². The molecule has 8 nitrogen and oxygen atoms in total. The van der Waals surface area contributed by atoms with Gasteiger partial charge in [0.25, 0.3) is 0 Å². The molecule has 2 aromatic carbocycles. The Morgan fingerprint density at radius 3 is 2.31 bits per heavy atom. The lowest BCUT2D eigenvalue weighted by atomic mass is 9.96. The van der Waals surface area contributed by atoms with Crippen LogP contribution in [0.1, 0.15) is 32.4 Å². The highest BCUT2D eigenvalue weighted by atomic mass is 16.6. The van der Waals surface area contributed by atoms with Gasteiger partial charge in [0.2, 0.25) is 0 Å². The summed E-state index contributed by atoms with van der Waals surface area (Å²) in [6, 6.07) is 14.0. The quantitative estimate of drug-likeness (QED) is 0.247. The Morgan fingerprint density at radius 1 is 1.06 bits per heavy atom. The van der Waals surface area contributed by atoms with Crippen LogP contribution in [-0.2, 0) is 14.3 Å². The Bertz CT molecular complexity index is 997. The van der Waals surface area contributed by atoms with E-state index in [0.717, 1.165) is 5.56 Å². The molecule has 2 rings (SSSR count). The maximum absolute atomic E-state index is 12.7. The molecule has 2 atom stereocenters. The predicted octanol–water partition coefficient (Wildman–Crippen LogP) is 5.06. The lowest BCUT2D eigenvalue weighted by Crippen LogP contribution is -2.21. The third-order valence-corrected chi connectivity index (χ3v) is 4.91. The SMILES string of the molecule is CCOC(=O)/C=C(C)/C=C/[C@H](C)[C@@H](OC(=O)Nc1ccc(OC)cc1)c1ccc(OCCO)cc1. The maximum Gasteiger partial charge on any atom is 0.412 e. The summed E-state index contributed by atoms with van der Waals surface area (Å²) in [5, 5.41) is 11.7. The highest BCUT2D eigenvalue weighted by molar-refractivity contribution is 5.85. The molecule has 188 valence electrons. The van der Waals surface area contributed by atoms with Crippen LogP contribution >= 0.6 is 0 Å². The van der Waals surface area contributed by atoms with Gasteiger partial charge in [-0.25, -0.2) is 9.59 Å². The molecular weight excluding hydrogens is 450 g/mol. The molecule has 0 saturated carbocycles. The molecule has 35 heavy (non-hydrogen) atoms. The van der Waals surface area contributed by atoms with Gasteiger partial charge in [-0.15, -0.1) is 0 Å². The molecular formula is C27H33NO7. The van der Waals surface area contributed by atoms with E-state index in [1.807, 2.05) is 25.1 Å². The van der Waals surface area contributed by atoms with Crippen LogP contribution in [0.3, 0.4) is 0 Å². The third kappa shape index (κ3) is 9.54. The van der Waals surface area contributed by atoms with E-state index >= 15 is 0 Å². The van der Waals surface area contributed by atoms with Gasteiger partial charge in [-0.2, -0.15) is 0 Å². The van der Waals surface area contributed by atoms with Crippen molar-refractivity contribution in [2.24, 2.45) is 5.92 Å². The first-order valence-corrected chi connectivity index (χ1v) is 11.3. The Balaban J connectivity index is 2.19. The van der Waals surface area contributed by atoms with Crippen molar-refractivity contribution in [3.8, 4) is 11.5 Å². The number of aliphatic hydroxyl groups is 1. The van der Waals surface area contributed by atoms with E-state index in [4.69, 9.17) is 24.1 Å². The summed E-state index contributed by atoms with van der Waals surface area (Å²) in [6.45, 7) is 5.86. The summed E-state index contributed by atoms with van der Waals surface area (Å²) in [7, 11) is 1.57. The van der Waals surface area contributed by atoms with Crippen molar-refractivity contribution in [1.29, 1.82) is 0 Å². The number of amides is 1. The number of anilines is 1. The van der Waals surface area contributed by atoms with Gasteiger partial charge in [0.1, 0.15) is 24.2 Å². The molecule has 0 heterocycles. The van der Waals surface area contributed by atoms with Crippen molar-refractivity contribution in [2.75, 3.05) is 32.2 Å². The number of hydrogen-bond donors (Lipinski definition) is 2. The average Bonchev–Trinajstić information content (AvgIpc) is 2.85. The topological polar surface area (TPSA) is 103 Å². The predicted molar refractivity (Wildman–Crippen MR) is 134 cm³/mol. The van der Waals surface area contributed by atoms with Gasteiger partial charge >= 0.3 is 12.1 Å². The van der Waals surface area contributed by atoms with Crippen LogP contribution in [0.2, 0.25) is 0 Å². The first-order valence-electron chi connectivity index (χ1n) is 11.3. The minimum atomic E-state index is -0.619. The monoisotopic (exact) mass is 483 g/mol.